The zero-order chi connectivity index (χ0) is 21.8. The fourth-order valence-corrected chi connectivity index (χ4v) is 3.60. The Balaban J connectivity index is 1.72. The fourth-order valence-electron chi connectivity index (χ4n) is 3.40. The average Bonchev–Trinajstić information content (AvgIpc) is 2.79. The maximum absolute atomic E-state index is 13.2. The third-order valence-electron chi connectivity index (χ3n) is 5.07. The molecule has 0 aliphatic carbocycles. The Morgan fingerprint density at radius 2 is 1.84 bits per heavy atom. The second-order valence-corrected chi connectivity index (χ2v) is 7.71. The Labute approximate surface area is 185 Å². The number of aromatic nitrogens is 1. The number of fused-ring (bicyclic) bond motifs is 1. The van der Waals surface area contributed by atoms with Gasteiger partial charge < -0.3 is 15.0 Å². The number of ether oxygens (including phenoxy) is 1. The Hall–Kier alpha value is -3.22. The van der Waals surface area contributed by atoms with Gasteiger partial charge in [0.1, 0.15) is 10.9 Å². The summed E-state index contributed by atoms with van der Waals surface area (Å²) in [6.45, 7) is 3.83. The summed E-state index contributed by atoms with van der Waals surface area (Å²) >= 11 is 6.43. The van der Waals surface area contributed by atoms with Crippen molar-refractivity contribution in [1.29, 1.82) is 0 Å². The van der Waals surface area contributed by atoms with E-state index >= 15 is 0 Å². The van der Waals surface area contributed by atoms with Crippen molar-refractivity contribution in [2.75, 3.05) is 26.3 Å². The monoisotopic (exact) mass is 435 g/mol. The van der Waals surface area contributed by atoms with E-state index in [4.69, 9.17) is 16.3 Å². The minimum absolute atomic E-state index is 0.144. The summed E-state index contributed by atoms with van der Waals surface area (Å²) in [7, 11) is 0. The van der Waals surface area contributed by atoms with Crippen LogP contribution in [0.5, 0.6) is 0 Å². The van der Waals surface area contributed by atoms with Crippen LogP contribution in [0, 0.1) is 6.92 Å². The highest BCUT2D eigenvalue weighted by molar-refractivity contribution is 6.31. The van der Waals surface area contributed by atoms with Gasteiger partial charge in [-0.3, -0.25) is 9.59 Å². The molecule has 7 heteroatoms. The Morgan fingerprint density at radius 1 is 1.10 bits per heavy atom. The van der Waals surface area contributed by atoms with E-state index in [-0.39, 0.29) is 22.7 Å². The number of amides is 2. The number of rotatable bonds is 4. The SMILES string of the molecule is Cc1ccc2cc(/C=C(\NC(=O)c3ccccc3)C(=O)N3CCOCC3)c(Cl)nc2c1. The Morgan fingerprint density at radius 3 is 2.58 bits per heavy atom. The van der Waals surface area contributed by atoms with Gasteiger partial charge in [-0.1, -0.05) is 41.9 Å². The van der Waals surface area contributed by atoms with Gasteiger partial charge in [0.05, 0.1) is 18.7 Å². The van der Waals surface area contributed by atoms with Crippen molar-refractivity contribution in [1.82, 2.24) is 15.2 Å². The lowest BCUT2D eigenvalue weighted by atomic mass is 10.1. The highest BCUT2D eigenvalue weighted by atomic mass is 35.5. The molecule has 0 atom stereocenters. The number of nitrogens with zero attached hydrogens (tertiary/aromatic N) is 2. The number of pyridine rings is 1. The maximum Gasteiger partial charge on any atom is 0.270 e. The normalized spacial score (nSPS) is 14.5. The lowest BCUT2D eigenvalue weighted by Crippen LogP contribution is -2.44. The smallest absolute Gasteiger partial charge is 0.270 e. The number of halogens is 1. The molecule has 1 fully saturated rings. The number of hydrogen-bond donors (Lipinski definition) is 1. The van der Waals surface area contributed by atoms with E-state index < -0.39 is 0 Å². The van der Waals surface area contributed by atoms with Crippen LogP contribution in [0.2, 0.25) is 5.15 Å². The molecular weight excluding hydrogens is 414 g/mol. The van der Waals surface area contributed by atoms with E-state index in [1.54, 1.807) is 35.2 Å². The van der Waals surface area contributed by atoms with Crippen LogP contribution < -0.4 is 5.32 Å². The van der Waals surface area contributed by atoms with Gasteiger partial charge in [-0.2, -0.15) is 0 Å². The molecular formula is C24H22ClN3O3. The predicted molar refractivity (Wildman–Crippen MR) is 121 cm³/mol. The van der Waals surface area contributed by atoms with Crippen molar-refractivity contribution in [3.05, 3.63) is 82.1 Å². The third-order valence-corrected chi connectivity index (χ3v) is 5.37. The molecule has 1 N–H and O–H groups in total. The number of nitrogens with one attached hydrogen (secondary N) is 1. The van der Waals surface area contributed by atoms with Crippen molar-refractivity contribution >= 4 is 40.4 Å². The molecule has 4 rings (SSSR count). The summed E-state index contributed by atoms with van der Waals surface area (Å²) in [5.41, 5.74) is 3.02. The summed E-state index contributed by atoms with van der Waals surface area (Å²) in [6, 6.07) is 16.5. The molecule has 0 radical (unpaired) electrons. The fraction of sp³-hybridized carbons (Fsp3) is 0.208. The van der Waals surface area contributed by atoms with E-state index in [0.717, 1.165) is 16.5 Å². The van der Waals surface area contributed by atoms with Crippen molar-refractivity contribution in [2.24, 2.45) is 0 Å². The van der Waals surface area contributed by atoms with E-state index in [1.807, 2.05) is 37.3 Å². The van der Waals surface area contributed by atoms with E-state index in [9.17, 15) is 9.59 Å². The average molecular weight is 436 g/mol. The van der Waals surface area contributed by atoms with Crippen molar-refractivity contribution < 1.29 is 14.3 Å². The maximum atomic E-state index is 13.2. The van der Waals surface area contributed by atoms with Crippen LogP contribution >= 0.6 is 11.6 Å². The van der Waals surface area contributed by atoms with Crippen LogP contribution in [0.25, 0.3) is 17.0 Å². The first-order valence-corrected chi connectivity index (χ1v) is 10.4. The number of carbonyl (C=O) groups excluding carboxylic acids is 2. The highest BCUT2D eigenvalue weighted by Crippen LogP contribution is 2.24. The van der Waals surface area contributed by atoms with Crippen LogP contribution in [-0.2, 0) is 9.53 Å². The minimum atomic E-state index is -0.367. The molecule has 1 aliphatic heterocycles. The Kier molecular flexibility index (Phi) is 6.30. The number of hydrogen-bond acceptors (Lipinski definition) is 4. The summed E-state index contributed by atoms with van der Waals surface area (Å²) in [6.07, 6.45) is 1.59. The van der Waals surface area contributed by atoms with Crippen LogP contribution in [0.3, 0.4) is 0 Å². The molecule has 1 saturated heterocycles. The molecule has 0 bridgehead atoms. The molecule has 0 spiro atoms. The molecule has 2 amide bonds. The van der Waals surface area contributed by atoms with Gasteiger partial charge >= 0.3 is 0 Å². The number of benzene rings is 2. The first kappa shape index (κ1) is 21.0. The lowest BCUT2D eigenvalue weighted by molar-refractivity contribution is -0.131. The zero-order valence-corrected chi connectivity index (χ0v) is 17.9. The van der Waals surface area contributed by atoms with Crippen molar-refractivity contribution in [3.63, 3.8) is 0 Å². The molecule has 1 aliphatic rings. The van der Waals surface area contributed by atoms with Gasteiger partial charge in [-0.15, -0.1) is 0 Å². The summed E-state index contributed by atoms with van der Waals surface area (Å²) in [4.78, 5) is 32.1. The van der Waals surface area contributed by atoms with Crippen LogP contribution in [0.4, 0.5) is 0 Å². The topological polar surface area (TPSA) is 71.5 Å². The van der Waals surface area contributed by atoms with Crippen LogP contribution in [0.1, 0.15) is 21.5 Å². The van der Waals surface area contributed by atoms with Gasteiger partial charge in [0, 0.05) is 29.6 Å². The molecule has 1 aromatic heterocycles. The zero-order valence-electron chi connectivity index (χ0n) is 17.1. The van der Waals surface area contributed by atoms with E-state index in [2.05, 4.69) is 10.3 Å². The number of aryl methyl sites for hydroxylation is 1. The molecule has 0 saturated carbocycles. The first-order chi connectivity index (χ1) is 15.0. The number of morpholine rings is 1. The third kappa shape index (κ3) is 4.93. The molecule has 6 nitrogen and oxygen atoms in total. The first-order valence-electron chi connectivity index (χ1n) is 10.0. The molecule has 2 heterocycles. The summed E-state index contributed by atoms with van der Waals surface area (Å²) in [5.74, 6) is -0.651. The van der Waals surface area contributed by atoms with E-state index in [1.165, 1.54) is 0 Å². The highest BCUT2D eigenvalue weighted by Gasteiger charge is 2.23. The second-order valence-electron chi connectivity index (χ2n) is 7.35. The lowest BCUT2D eigenvalue weighted by Gasteiger charge is -2.28. The Bertz CT molecular complexity index is 1160. The predicted octanol–water partition coefficient (Wildman–Crippen LogP) is 3.83. The molecule has 2 aromatic carbocycles. The standard InChI is InChI=1S/C24H22ClN3O3/c1-16-7-8-18-14-19(22(25)26-20(18)13-16)15-21(24(30)28-9-11-31-12-10-28)27-23(29)17-5-3-2-4-6-17/h2-8,13-15H,9-12H2,1H3,(H,27,29)/b21-15-. The van der Waals surface area contributed by atoms with Gasteiger partial charge in [-0.25, -0.2) is 4.98 Å². The van der Waals surface area contributed by atoms with E-state index in [0.29, 0.717) is 37.4 Å². The second kappa shape index (κ2) is 9.29. The largest absolute Gasteiger partial charge is 0.378 e. The van der Waals surface area contributed by atoms with Gasteiger partial charge in [-0.05, 0) is 42.8 Å². The molecule has 31 heavy (non-hydrogen) atoms. The molecule has 0 unspecified atom stereocenters. The number of carbonyl (C=O) groups is 2. The van der Waals surface area contributed by atoms with Crippen molar-refractivity contribution in [2.45, 2.75) is 6.92 Å². The quantitative estimate of drug-likeness (QED) is 0.499. The van der Waals surface area contributed by atoms with Crippen molar-refractivity contribution in [3.8, 4) is 0 Å². The summed E-state index contributed by atoms with van der Waals surface area (Å²) < 4.78 is 5.34. The van der Waals surface area contributed by atoms with Gasteiger partial charge in [0.2, 0.25) is 0 Å². The molecule has 158 valence electrons. The summed E-state index contributed by atoms with van der Waals surface area (Å²) in [5, 5.41) is 3.93. The van der Waals surface area contributed by atoms with Crippen LogP contribution in [-0.4, -0.2) is 48.0 Å². The van der Waals surface area contributed by atoms with Gasteiger partial charge in [0.15, 0.2) is 0 Å². The molecule has 3 aromatic rings. The van der Waals surface area contributed by atoms with Crippen LogP contribution in [0.15, 0.2) is 60.3 Å². The minimum Gasteiger partial charge on any atom is -0.378 e. The van der Waals surface area contributed by atoms with Gasteiger partial charge in [0.25, 0.3) is 11.8 Å².